The predicted molar refractivity (Wildman–Crippen MR) is 155 cm³/mol. The van der Waals surface area contributed by atoms with Gasteiger partial charge in [-0.2, -0.15) is 0 Å². The molecule has 0 spiro atoms. The summed E-state index contributed by atoms with van der Waals surface area (Å²) in [5, 5.41) is 2.81. The van der Waals surface area contributed by atoms with Crippen LogP contribution in [-0.2, 0) is 26.2 Å². The Bertz CT molecular complexity index is 1500. The van der Waals surface area contributed by atoms with Gasteiger partial charge < -0.3 is 19.7 Å². The van der Waals surface area contributed by atoms with Crippen LogP contribution < -0.4 is 19.1 Å². The van der Waals surface area contributed by atoms with Crippen molar-refractivity contribution in [1.82, 2.24) is 10.2 Å². The van der Waals surface area contributed by atoms with E-state index in [2.05, 4.69) is 5.32 Å². The molecule has 0 aromatic heterocycles. The molecule has 0 radical (unpaired) electrons. The minimum atomic E-state index is -4.45. The van der Waals surface area contributed by atoms with Crippen LogP contribution in [0.5, 0.6) is 11.5 Å². The molecule has 226 valence electrons. The Balaban J connectivity index is 2.07. The molecule has 3 aromatic rings. The second kappa shape index (κ2) is 14.1. The fourth-order valence-corrected chi connectivity index (χ4v) is 5.53. The quantitative estimate of drug-likeness (QED) is 0.308. The van der Waals surface area contributed by atoms with Gasteiger partial charge >= 0.3 is 0 Å². The van der Waals surface area contributed by atoms with Gasteiger partial charge in [0.15, 0.2) is 11.5 Å². The highest BCUT2D eigenvalue weighted by molar-refractivity contribution is 7.92. The summed E-state index contributed by atoms with van der Waals surface area (Å²) in [7, 11) is -1.70. The van der Waals surface area contributed by atoms with Crippen LogP contribution in [0, 0.1) is 11.6 Å². The molecule has 0 bridgehead atoms. The number of hydrogen-bond donors (Lipinski definition) is 1. The summed E-state index contributed by atoms with van der Waals surface area (Å²) in [5.74, 6) is -2.02. The number of anilines is 1. The summed E-state index contributed by atoms with van der Waals surface area (Å²) in [6, 6.07) is 13.0. The van der Waals surface area contributed by atoms with Crippen molar-refractivity contribution in [3.8, 4) is 11.5 Å². The number of nitrogens with zero attached hydrogens (tertiary/aromatic N) is 2. The Morgan fingerprint density at radius 3 is 2.17 bits per heavy atom. The number of hydrogen-bond acceptors (Lipinski definition) is 6. The first-order valence-corrected chi connectivity index (χ1v) is 14.7. The highest BCUT2D eigenvalue weighted by Gasteiger charge is 2.33. The number of nitrogens with one attached hydrogen (secondary N) is 1. The van der Waals surface area contributed by atoms with E-state index in [9.17, 15) is 26.8 Å². The molecule has 0 saturated heterocycles. The fourth-order valence-electron chi connectivity index (χ4n) is 4.10. The molecule has 2 atom stereocenters. The van der Waals surface area contributed by atoms with E-state index in [-0.39, 0.29) is 40.2 Å². The summed E-state index contributed by atoms with van der Waals surface area (Å²) in [4.78, 5) is 27.9. The summed E-state index contributed by atoms with van der Waals surface area (Å²) in [6.07, 6.45) is 0.641. The van der Waals surface area contributed by atoms with Crippen molar-refractivity contribution in [3.63, 3.8) is 0 Å². The first-order valence-electron chi connectivity index (χ1n) is 13.3. The first-order chi connectivity index (χ1) is 19.9. The molecule has 3 rings (SSSR count). The largest absolute Gasteiger partial charge is 0.493 e. The lowest BCUT2D eigenvalue weighted by molar-refractivity contribution is -0.139. The topological polar surface area (TPSA) is 105 Å². The van der Waals surface area contributed by atoms with Crippen LogP contribution in [0.2, 0.25) is 0 Å². The van der Waals surface area contributed by atoms with E-state index in [1.807, 2.05) is 6.92 Å². The van der Waals surface area contributed by atoms with Crippen LogP contribution in [0.15, 0.2) is 71.6 Å². The lowest BCUT2D eigenvalue weighted by atomic mass is 10.1. The lowest BCUT2D eigenvalue weighted by Crippen LogP contribution is -2.52. The Labute approximate surface area is 245 Å². The third kappa shape index (κ3) is 7.55. The first kappa shape index (κ1) is 32.3. The molecule has 12 heteroatoms. The molecule has 0 unspecified atom stereocenters. The Hall–Kier alpha value is -4.19. The number of benzene rings is 3. The monoisotopic (exact) mass is 603 g/mol. The van der Waals surface area contributed by atoms with Crippen molar-refractivity contribution in [2.75, 3.05) is 25.1 Å². The van der Waals surface area contributed by atoms with Gasteiger partial charge in [0, 0.05) is 24.2 Å². The van der Waals surface area contributed by atoms with Crippen molar-refractivity contribution >= 4 is 27.5 Å². The van der Waals surface area contributed by atoms with E-state index in [1.165, 1.54) is 69.7 Å². The third-order valence-electron chi connectivity index (χ3n) is 6.80. The van der Waals surface area contributed by atoms with Gasteiger partial charge in [-0.1, -0.05) is 25.1 Å². The van der Waals surface area contributed by atoms with Gasteiger partial charge in [-0.15, -0.1) is 0 Å². The van der Waals surface area contributed by atoms with E-state index in [0.717, 1.165) is 21.3 Å². The molecule has 0 aliphatic heterocycles. The van der Waals surface area contributed by atoms with Crippen LogP contribution in [-0.4, -0.2) is 58.0 Å². The number of carbonyl (C=O) groups is 2. The summed E-state index contributed by atoms with van der Waals surface area (Å²) < 4.78 is 67.7. The molecule has 0 saturated carbocycles. The number of ether oxygens (including phenoxy) is 2. The lowest BCUT2D eigenvalue weighted by Gasteiger charge is -2.32. The molecular weight excluding hydrogens is 568 g/mol. The Morgan fingerprint density at radius 2 is 1.57 bits per heavy atom. The second-order valence-electron chi connectivity index (χ2n) is 9.61. The van der Waals surface area contributed by atoms with Gasteiger partial charge in [0.2, 0.25) is 11.8 Å². The number of halogens is 2. The van der Waals surface area contributed by atoms with Crippen molar-refractivity contribution in [3.05, 3.63) is 83.9 Å². The summed E-state index contributed by atoms with van der Waals surface area (Å²) in [5.41, 5.74) is 0.146. The molecule has 9 nitrogen and oxygen atoms in total. The molecule has 0 fully saturated rings. The molecule has 42 heavy (non-hydrogen) atoms. The maximum absolute atomic E-state index is 14.6. The van der Waals surface area contributed by atoms with Crippen molar-refractivity contribution in [2.24, 2.45) is 0 Å². The second-order valence-corrected chi connectivity index (χ2v) is 11.5. The highest BCUT2D eigenvalue weighted by Crippen LogP contribution is 2.32. The zero-order valence-electron chi connectivity index (χ0n) is 24.1. The SMILES string of the molecule is CC[C@@H](C)NC(=O)[C@@H](C)N(Cc1ccccc1F)C(=O)CN(c1ccc(F)cc1)S(=O)(=O)c1ccc(OC)c(OC)c1. The smallest absolute Gasteiger partial charge is 0.264 e. The number of carbonyl (C=O) groups excluding carboxylic acids is 2. The standard InChI is InChI=1S/C30H35F2N3O6S/c1-6-20(2)33-30(37)21(3)34(18-22-9-7-8-10-26(22)32)29(36)19-35(24-13-11-23(31)12-14-24)42(38,39)25-15-16-27(40-4)28(17-25)41-5/h7-17,20-21H,6,18-19H2,1-5H3,(H,33,37)/t20-,21-/m1/s1. The molecule has 3 aromatic carbocycles. The Morgan fingerprint density at radius 1 is 0.929 bits per heavy atom. The fraction of sp³-hybridized carbons (Fsp3) is 0.333. The van der Waals surface area contributed by atoms with E-state index in [4.69, 9.17) is 9.47 Å². The van der Waals surface area contributed by atoms with Gasteiger partial charge in [-0.05, 0) is 62.7 Å². The molecule has 0 aliphatic carbocycles. The van der Waals surface area contributed by atoms with Gasteiger partial charge in [-0.25, -0.2) is 17.2 Å². The molecule has 2 amide bonds. The van der Waals surface area contributed by atoms with E-state index in [0.29, 0.717) is 6.42 Å². The van der Waals surface area contributed by atoms with Gasteiger partial charge in [0.1, 0.15) is 24.2 Å². The molecule has 0 heterocycles. The number of amides is 2. The summed E-state index contributed by atoms with van der Waals surface area (Å²) >= 11 is 0. The molecular formula is C30H35F2N3O6S. The third-order valence-corrected chi connectivity index (χ3v) is 8.57. The minimum Gasteiger partial charge on any atom is -0.493 e. The minimum absolute atomic E-state index is 0.00193. The average Bonchev–Trinajstić information content (AvgIpc) is 2.98. The maximum Gasteiger partial charge on any atom is 0.264 e. The molecule has 1 N–H and O–H groups in total. The number of rotatable bonds is 13. The summed E-state index contributed by atoms with van der Waals surface area (Å²) in [6.45, 7) is 4.12. The van der Waals surface area contributed by atoms with E-state index < -0.39 is 46.1 Å². The number of sulfonamides is 1. The van der Waals surface area contributed by atoms with Crippen LogP contribution in [0.25, 0.3) is 0 Å². The zero-order valence-corrected chi connectivity index (χ0v) is 25.0. The zero-order chi connectivity index (χ0) is 31.0. The highest BCUT2D eigenvalue weighted by atomic mass is 32.2. The van der Waals surface area contributed by atoms with Gasteiger partial charge in [0.05, 0.1) is 24.8 Å². The van der Waals surface area contributed by atoms with Crippen LogP contribution in [0.3, 0.4) is 0 Å². The van der Waals surface area contributed by atoms with Crippen LogP contribution in [0.1, 0.15) is 32.8 Å². The Kier molecular flexibility index (Phi) is 10.9. The average molecular weight is 604 g/mol. The predicted octanol–water partition coefficient (Wildman–Crippen LogP) is 4.51. The van der Waals surface area contributed by atoms with E-state index in [1.54, 1.807) is 13.0 Å². The van der Waals surface area contributed by atoms with Crippen molar-refractivity contribution in [2.45, 2.75) is 50.7 Å². The van der Waals surface area contributed by atoms with Gasteiger partial charge in [-0.3, -0.25) is 13.9 Å². The number of methoxy groups -OCH3 is 2. The van der Waals surface area contributed by atoms with Crippen molar-refractivity contribution < 1.29 is 36.3 Å². The van der Waals surface area contributed by atoms with Crippen molar-refractivity contribution in [1.29, 1.82) is 0 Å². The van der Waals surface area contributed by atoms with Crippen LogP contribution >= 0.6 is 0 Å². The van der Waals surface area contributed by atoms with Crippen LogP contribution in [0.4, 0.5) is 14.5 Å². The van der Waals surface area contributed by atoms with E-state index >= 15 is 0 Å². The van der Waals surface area contributed by atoms with Gasteiger partial charge in [0.25, 0.3) is 10.0 Å². The molecule has 0 aliphatic rings. The normalized spacial score (nSPS) is 12.6. The maximum atomic E-state index is 14.6.